The number of aliphatic hydroxyl groups is 5. The number of aromatic hydroxyl groups is 1. The average molecular weight is 1360 g/mol. The summed E-state index contributed by atoms with van der Waals surface area (Å²) in [6.45, 7) is 1.87. The van der Waals surface area contributed by atoms with Gasteiger partial charge in [0.1, 0.15) is 78.3 Å². The summed E-state index contributed by atoms with van der Waals surface area (Å²) < 4.78 is 0. The molecule has 95 heavy (non-hydrogen) atoms. The van der Waals surface area contributed by atoms with Crippen LogP contribution in [0.25, 0.3) is 0 Å². The molecular formula is C56H90N16O23. The topological polar surface area (TPSA) is 663 Å². The van der Waals surface area contributed by atoms with Gasteiger partial charge in [-0.2, -0.15) is 0 Å². The molecule has 0 radical (unpaired) electrons. The maximum atomic E-state index is 14.3. The number of aliphatic carboxylic acids is 1. The Hall–Kier alpha value is -9.70. The second-order valence-corrected chi connectivity index (χ2v) is 22.0. The molecule has 1 aromatic rings. The van der Waals surface area contributed by atoms with E-state index in [2.05, 4.69) is 47.9 Å². The van der Waals surface area contributed by atoms with Crippen LogP contribution in [-0.2, 0) is 83.1 Å². The molecule has 0 saturated heterocycles. The summed E-state index contributed by atoms with van der Waals surface area (Å²) in [5.74, 6) is -19.3. The zero-order chi connectivity index (χ0) is 72.4. The number of carbonyl (C=O) groups excluding carboxylic acids is 15. The molecule has 27 N–H and O–H groups in total. The van der Waals surface area contributed by atoms with Crippen LogP contribution >= 0.6 is 0 Å². The number of carboxylic acid groups (broad SMARTS) is 1. The van der Waals surface area contributed by atoms with Crippen molar-refractivity contribution in [1.29, 1.82) is 0 Å². The summed E-state index contributed by atoms with van der Waals surface area (Å²) >= 11 is 0. The standard InChI is InChI=1S/C56H90N16O23/c1-6-25(2)43(71-48(87)32(9-7-8-18-57)63-50(89)35(20-41(59)81)65-46(85)26(3)61-28(5)78)55(94)70-38(23-75)51(90)66-34(19-29-10-12-30(79)13-11-29)49(88)64-33(14-16-40(58)80)47(86)67-36(21-73)52(91)68-37(22-74)53(92)69-39(24-76)54(93)72-44(27(4)77)56(95)62-31(45(60)84)15-17-42(82)83/h10-13,25-27,31-39,43-44,73-77,79H,6-9,14-24,57H2,1-5H3,(H2,58,80)(H2,59,81)(H2,60,84)(H,61,78)(H,62,95)(H,63,89)(H,64,88)(H,65,85)(H,66,90)(H,67,86)(H,68,91)(H,69,92)(H,70,94)(H,71,87)(H,72,93)(H,82,83)/t25-,26-,27+,31+,32-,33-,34-,35-,36-,37-,38-,39+,43-,44-/m0/s1. The number of nitrogens with two attached hydrogens (primary N) is 4. The fraction of sp³-hybridized carbons (Fsp3) is 0.607. The number of phenolic OH excluding ortho intramolecular Hbond substituents is 1. The molecule has 0 bridgehead atoms. The largest absolute Gasteiger partial charge is 0.508 e. The minimum Gasteiger partial charge on any atom is -0.508 e. The van der Waals surface area contributed by atoms with Crippen molar-refractivity contribution in [3.63, 3.8) is 0 Å². The van der Waals surface area contributed by atoms with Crippen LogP contribution in [0.1, 0.15) is 98.0 Å². The van der Waals surface area contributed by atoms with E-state index in [1.165, 1.54) is 38.1 Å². The number of benzene rings is 1. The zero-order valence-corrected chi connectivity index (χ0v) is 53.0. The van der Waals surface area contributed by atoms with Gasteiger partial charge in [0.25, 0.3) is 0 Å². The first-order chi connectivity index (χ1) is 44.6. The van der Waals surface area contributed by atoms with E-state index in [9.17, 15) is 107 Å². The third-order valence-electron chi connectivity index (χ3n) is 14.2. The minimum atomic E-state index is -2.06. The molecule has 532 valence electrons. The highest BCUT2D eigenvalue weighted by molar-refractivity contribution is 6.00. The maximum Gasteiger partial charge on any atom is 0.303 e. The number of primary amides is 3. The molecule has 0 aromatic heterocycles. The van der Waals surface area contributed by atoms with Gasteiger partial charge in [-0.25, -0.2) is 0 Å². The minimum absolute atomic E-state index is 0.102. The molecule has 15 amide bonds. The van der Waals surface area contributed by atoms with Crippen LogP contribution in [0, 0.1) is 5.92 Å². The Morgan fingerprint density at radius 3 is 1.25 bits per heavy atom. The molecule has 0 heterocycles. The Kier molecular flexibility index (Phi) is 37.3. The smallest absolute Gasteiger partial charge is 0.303 e. The Bertz CT molecular complexity index is 2850. The van der Waals surface area contributed by atoms with E-state index in [-0.39, 0.29) is 37.1 Å². The molecule has 0 saturated carbocycles. The summed E-state index contributed by atoms with van der Waals surface area (Å²) in [5.41, 5.74) is 21.9. The van der Waals surface area contributed by atoms with Gasteiger partial charge in [-0.1, -0.05) is 32.4 Å². The van der Waals surface area contributed by atoms with Gasteiger partial charge in [0.2, 0.25) is 88.6 Å². The lowest BCUT2D eigenvalue weighted by Gasteiger charge is -2.29. The average Bonchev–Trinajstić information content (AvgIpc) is 0.982. The first kappa shape index (κ1) is 83.3. The molecular weight excluding hydrogens is 1260 g/mol. The molecule has 39 nitrogen and oxygen atoms in total. The lowest BCUT2D eigenvalue weighted by molar-refractivity contribution is -0.139. The maximum absolute atomic E-state index is 14.3. The molecule has 0 aliphatic carbocycles. The van der Waals surface area contributed by atoms with Crippen LogP contribution in [0.3, 0.4) is 0 Å². The molecule has 0 spiro atoms. The monoisotopic (exact) mass is 1350 g/mol. The summed E-state index contributed by atoms with van der Waals surface area (Å²) in [6, 6.07) is -15.9. The molecule has 39 heteroatoms. The molecule has 1 aromatic carbocycles. The Morgan fingerprint density at radius 2 is 0.821 bits per heavy atom. The Labute approximate surface area is 544 Å². The van der Waals surface area contributed by atoms with E-state index < -0.39 is 244 Å². The van der Waals surface area contributed by atoms with E-state index in [0.717, 1.165) is 13.8 Å². The highest BCUT2D eigenvalue weighted by Crippen LogP contribution is 2.15. The predicted molar refractivity (Wildman–Crippen MR) is 327 cm³/mol. The predicted octanol–water partition coefficient (Wildman–Crippen LogP) is -11.2. The molecule has 0 fully saturated rings. The van der Waals surface area contributed by atoms with E-state index >= 15 is 0 Å². The number of nitrogens with one attached hydrogen (secondary N) is 12. The van der Waals surface area contributed by atoms with Crippen molar-refractivity contribution in [2.24, 2.45) is 28.9 Å². The number of carboxylic acids is 1. The molecule has 0 unspecified atom stereocenters. The van der Waals surface area contributed by atoms with Crippen molar-refractivity contribution in [2.45, 2.75) is 177 Å². The van der Waals surface area contributed by atoms with Crippen molar-refractivity contribution in [1.82, 2.24) is 63.8 Å². The van der Waals surface area contributed by atoms with Crippen LogP contribution in [0.15, 0.2) is 24.3 Å². The number of hydrogen-bond donors (Lipinski definition) is 23. The number of amides is 15. The molecule has 0 aliphatic heterocycles. The number of phenols is 1. The van der Waals surface area contributed by atoms with Gasteiger partial charge in [-0.05, 0) is 76.1 Å². The third kappa shape index (κ3) is 30.3. The third-order valence-corrected chi connectivity index (χ3v) is 14.2. The van der Waals surface area contributed by atoms with E-state index in [0.29, 0.717) is 6.42 Å². The number of unbranched alkanes of at least 4 members (excludes halogenated alkanes) is 1. The summed E-state index contributed by atoms with van der Waals surface area (Å²) in [6.07, 6.45) is -4.65. The van der Waals surface area contributed by atoms with Crippen molar-refractivity contribution in [3.05, 3.63) is 29.8 Å². The second-order valence-electron chi connectivity index (χ2n) is 22.0. The number of aliphatic hydroxyl groups excluding tert-OH is 5. The second kappa shape index (κ2) is 42.5. The zero-order valence-electron chi connectivity index (χ0n) is 53.0. The van der Waals surface area contributed by atoms with Crippen molar-refractivity contribution in [2.75, 3.05) is 33.0 Å². The van der Waals surface area contributed by atoms with Crippen LogP contribution in [0.5, 0.6) is 5.75 Å². The van der Waals surface area contributed by atoms with Crippen LogP contribution in [-0.4, -0.2) is 242 Å². The van der Waals surface area contributed by atoms with Crippen molar-refractivity contribution in [3.8, 4) is 5.75 Å². The highest BCUT2D eigenvalue weighted by atomic mass is 16.4. The highest BCUT2D eigenvalue weighted by Gasteiger charge is 2.38. The summed E-state index contributed by atoms with van der Waals surface area (Å²) in [5, 5.41) is 96.8. The first-order valence-corrected chi connectivity index (χ1v) is 29.9. The number of carbonyl (C=O) groups is 16. The van der Waals surface area contributed by atoms with E-state index in [1.807, 2.05) is 16.0 Å². The van der Waals surface area contributed by atoms with Crippen LogP contribution in [0.2, 0.25) is 0 Å². The lowest BCUT2D eigenvalue weighted by atomic mass is 9.97. The van der Waals surface area contributed by atoms with Crippen molar-refractivity contribution >= 4 is 94.6 Å². The van der Waals surface area contributed by atoms with Gasteiger partial charge in [-0.15, -0.1) is 0 Å². The van der Waals surface area contributed by atoms with Gasteiger partial charge in [0.05, 0.1) is 39.0 Å². The molecule has 1 rings (SSSR count). The normalized spacial score (nSPS) is 15.4. The lowest BCUT2D eigenvalue weighted by Crippen LogP contribution is -2.63. The quantitative estimate of drug-likeness (QED) is 0.0270. The van der Waals surface area contributed by atoms with E-state index in [1.54, 1.807) is 6.92 Å². The first-order valence-electron chi connectivity index (χ1n) is 29.9. The van der Waals surface area contributed by atoms with Gasteiger partial charge in [0, 0.05) is 26.2 Å². The summed E-state index contributed by atoms with van der Waals surface area (Å²) in [7, 11) is 0. The molecule has 0 aliphatic rings. The van der Waals surface area contributed by atoms with Crippen molar-refractivity contribution < 1.29 is 112 Å². The van der Waals surface area contributed by atoms with Crippen LogP contribution in [0.4, 0.5) is 0 Å². The Balaban J connectivity index is 3.51. The van der Waals surface area contributed by atoms with Gasteiger partial charge >= 0.3 is 5.97 Å². The van der Waals surface area contributed by atoms with E-state index in [4.69, 9.17) is 28.0 Å². The molecule has 14 atom stereocenters. The number of hydrogen-bond acceptors (Lipinski definition) is 23. The summed E-state index contributed by atoms with van der Waals surface area (Å²) in [4.78, 5) is 209. The van der Waals surface area contributed by atoms with Crippen LogP contribution < -0.4 is 86.7 Å². The fourth-order valence-corrected chi connectivity index (χ4v) is 8.57. The Morgan fingerprint density at radius 1 is 0.442 bits per heavy atom. The number of rotatable bonds is 45. The van der Waals surface area contributed by atoms with Gasteiger partial charge < -0.3 is 122 Å². The van der Waals surface area contributed by atoms with Gasteiger partial charge in [-0.3, -0.25) is 76.7 Å². The fourth-order valence-electron chi connectivity index (χ4n) is 8.57. The van der Waals surface area contributed by atoms with Gasteiger partial charge in [0.15, 0.2) is 0 Å². The SMILES string of the molecule is CC[C@H](C)[C@H](NC(=O)[C@H](CCCCN)NC(=O)[C@H](CC(N)=O)NC(=O)[C@H](C)NC(C)=O)C(=O)N[C@@H](CO)C(=O)N[C@@H](Cc1ccc(O)cc1)C(=O)N[C@@H](CCC(N)=O)C(=O)N[C@@H](CO)C(=O)N[C@@H](CO)C(=O)N[C@H](CO)C(=O)N[C@H](C(=O)N[C@H](CCC(=O)O)C(N)=O)[C@@H](C)O.